The second-order valence-corrected chi connectivity index (χ2v) is 4.76. The monoisotopic (exact) mass is 286 g/mol. The minimum Gasteiger partial charge on any atom is -0.465 e. The first-order valence-electron chi connectivity index (χ1n) is 4.05. The molecule has 0 saturated carbocycles. The number of rotatable bonds is 1. The lowest BCUT2D eigenvalue weighted by atomic mass is 10.2. The molecule has 1 aromatic heterocycles. The fraction of sp³-hybridized carbons (Fsp3) is 0.111. The number of hydrogen-bond acceptors (Lipinski definition) is 5. The second kappa shape index (κ2) is 3.79. The number of nitrogen functional groups attached to an aromatic ring is 1. The van der Waals surface area contributed by atoms with Gasteiger partial charge in [0.25, 0.3) is 0 Å². The summed E-state index contributed by atoms with van der Waals surface area (Å²) in [5, 5.41) is 0.485. The first-order chi connectivity index (χ1) is 7.11. The predicted molar refractivity (Wildman–Crippen MR) is 63.1 cm³/mol. The minimum atomic E-state index is -0.393. The average molecular weight is 287 g/mol. The molecular weight excluding hydrogens is 280 g/mol. The Hall–Kier alpha value is -1.14. The van der Waals surface area contributed by atoms with Crippen LogP contribution in [-0.4, -0.2) is 18.1 Å². The Kier molecular flexibility index (Phi) is 2.62. The lowest BCUT2D eigenvalue weighted by Gasteiger charge is -2.01. The molecule has 78 valence electrons. The number of nitrogens with two attached hydrogens (primary N) is 1. The number of hydrogen-bond donors (Lipinski definition) is 1. The molecular formula is C9H7BrN2O2S. The fourth-order valence-electron chi connectivity index (χ4n) is 1.23. The summed E-state index contributed by atoms with van der Waals surface area (Å²) in [6, 6.07) is 3.48. The zero-order chi connectivity index (χ0) is 11.0. The van der Waals surface area contributed by atoms with Gasteiger partial charge in [0, 0.05) is 4.47 Å². The summed E-state index contributed by atoms with van der Waals surface area (Å²) in [6.07, 6.45) is 0. The third kappa shape index (κ3) is 1.82. The van der Waals surface area contributed by atoms with E-state index >= 15 is 0 Å². The first-order valence-corrected chi connectivity index (χ1v) is 5.66. The van der Waals surface area contributed by atoms with Crippen molar-refractivity contribution in [1.29, 1.82) is 0 Å². The number of thiazole rings is 1. The van der Waals surface area contributed by atoms with Crippen LogP contribution in [0.2, 0.25) is 0 Å². The summed E-state index contributed by atoms with van der Waals surface area (Å²) in [5.41, 5.74) is 6.74. The van der Waals surface area contributed by atoms with Crippen molar-refractivity contribution in [2.45, 2.75) is 0 Å². The lowest BCUT2D eigenvalue weighted by molar-refractivity contribution is 0.0600. The van der Waals surface area contributed by atoms with E-state index in [1.54, 1.807) is 6.07 Å². The maximum absolute atomic E-state index is 11.4. The van der Waals surface area contributed by atoms with Crippen LogP contribution in [0, 0.1) is 0 Å². The SMILES string of the molecule is COC(=O)c1cc2nc(N)sc2cc1Br. The molecule has 0 atom stereocenters. The van der Waals surface area contributed by atoms with Gasteiger partial charge in [-0.05, 0) is 28.1 Å². The van der Waals surface area contributed by atoms with E-state index < -0.39 is 5.97 Å². The zero-order valence-electron chi connectivity index (χ0n) is 7.78. The Morgan fingerprint density at radius 1 is 1.60 bits per heavy atom. The molecule has 15 heavy (non-hydrogen) atoms. The summed E-state index contributed by atoms with van der Waals surface area (Å²) in [5.74, 6) is -0.393. The number of anilines is 1. The standard InChI is InChI=1S/C9H7BrN2O2S/c1-14-8(13)4-2-6-7(3-5(4)10)15-9(11)12-6/h2-3H,1H3,(H2,11,12). The van der Waals surface area contributed by atoms with Crippen LogP contribution in [0.5, 0.6) is 0 Å². The largest absolute Gasteiger partial charge is 0.465 e. The third-order valence-electron chi connectivity index (χ3n) is 1.90. The van der Waals surface area contributed by atoms with Gasteiger partial charge in [-0.3, -0.25) is 0 Å². The van der Waals surface area contributed by atoms with E-state index in [-0.39, 0.29) is 0 Å². The van der Waals surface area contributed by atoms with Crippen LogP contribution < -0.4 is 5.73 Å². The number of methoxy groups -OCH3 is 1. The molecule has 6 heteroatoms. The topological polar surface area (TPSA) is 65.2 Å². The molecule has 2 rings (SSSR count). The fourth-order valence-corrected chi connectivity index (χ4v) is 2.65. The Morgan fingerprint density at radius 2 is 2.33 bits per heavy atom. The normalized spacial score (nSPS) is 10.5. The second-order valence-electron chi connectivity index (χ2n) is 2.84. The summed E-state index contributed by atoms with van der Waals surface area (Å²) >= 11 is 4.68. The smallest absolute Gasteiger partial charge is 0.339 e. The van der Waals surface area contributed by atoms with Gasteiger partial charge in [0.15, 0.2) is 5.13 Å². The molecule has 0 fully saturated rings. The highest BCUT2D eigenvalue weighted by Gasteiger charge is 2.13. The molecule has 0 aliphatic heterocycles. The van der Waals surface area contributed by atoms with Gasteiger partial charge in [0.05, 0.1) is 22.9 Å². The highest BCUT2D eigenvalue weighted by atomic mass is 79.9. The minimum absolute atomic E-state index is 0.393. The van der Waals surface area contributed by atoms with E-state index in [1.807, 2.05) is 6.07 Å². The highest BCUT2D eigenvalue weighted by molar-refractivity contribution is 9.10. The molecule has 4 nitrogen and oxygen atoms in total. The van der Waals surface area contributed by atoms with Crippen molar-refractivity contribution in [3.8, 4) is 0 Å². The molecule has 2 aromatic rings. The first kappa shape index (κ1) is 10.4. The van der Waals surface area contributed by atoms with Crippen LogP contribution in [0.4, 0.5) is 5.13 Å². The summed E-state index contributed by atoms with van der Waals surface area (Å²) in [4.78, 5) is 15.5. The molecule has 0 saturated heterocycles. The predicted octanol–water partition coefficient (Wildman–Crippen LogP) is 2.43. The van der Waals surface area contributed by atoms with Gasteiger partial charge in [-0.2, -0.15) is 0 Å². The van der Waals surface area contributed by atoms with Gasteiger partial charge in [0.2, 0.25) is 0 Å². The number of aromatic nitrogens is 1. The number of carbonyl (C=O) groups is 1. The Morgan fingerprint density at radius 3 is 3.00 bits per heavy atom. The lowest BCUT2D eigenvalue weighted by Crippen LogP contribution is -2.01. The third-order valence-corrected chi connectivity index (χ3v) is 3.40. The van der Waals surface area contributed by atoms with Gasteiger partial charge in [-0.1, -0.05) is 11.3 Å². The molecule has 0 amide bonds. The van der Waals surface area contributed by atoms with Gasteiger partial charge in [-0.15, -0.1) is 0 Å². The van der Waals surface area contributed by atoms with Crippen LogP contribution in [-0.2, 0) is 4.74 Å². The molecule has 1 heterocycles. The molecule has 0 unspecified atom stereocenters. The van der Waals surface area contributed by atoms with Crippen LogP contribution in [0.15, 0.2) is 16.6 Å². The van der Waals surface area contributed by atoms with Crippen molar-refractivity contribution in [2.75, 3.05) is 12.8 Å². The number of carbonyl (C=O) groups excluding carboxylic acids is 1. The van der Waals surface area contributed by atoms with Crippen LogP contribution in [0.3, 0.4) is 0 Å². The number of esters is 1. The van der Waals surface area contributed by atoms with E-state index in [9.17, 15) is 4.79 Å². The molecule has 0 bridgehead atoms. The van der Waals surface area contributed by atoms with E-state index in [0.717, 1.165) is 4.70 Å². The van der Waals surface area contributed by atoms with Crippen molar-refractivity contribution in [1.82, 2.24) is 4.98 Å². The van der Waals surface area contributed by atoms with E-state index in [1.165, 1.54) is 18.4 Å². The van der Waals surface area contributed by atoms with E-state index in [2.05, 4.69) is 25.7 Å². The van der Waals surface area contributed by atoms with Gasteiger partial charge < -0.3 is 10.5 Å². The number of halogens is 1. The number of benzene rings is 1. The summed E-state index contributed by atoms with van der Waals surface area (Å²) in [6.45, 7) is 0. The summed E-state index contributed by atoms with van der Waals surface area (Å²) in [7, 11) is 1.34. The van der Waals surface area contributed by atoms with Gasteiger partial charge in [-0.25, -0.2) is 9.78 Å². The Labute approximate surface area is 98.2 Å². The molecule has 0 aliphatic rings. The zero-order valence-corrected chi connectivity index (χ0v) is 10.2. The summed E-state index contributed by atoms with van der Waals surface area (Å²) < 4.78 is 6.27. The quantitative estimate of drug-likeness (QED) is 0.818. The maximum atomic E-state index is 11.4. The van der Waals surface area contributed by atoms with Crippen molar-refractivity contribution in [3.63, 3.8) is 0 Å². The van der Waals surface area contributed by atoms with E-state index in [4.69, 9.17) is 5.73 Å². The number of fused-ring (bicyclic) bond motifs is 1. The molecule has 0 radical (unpaired) electrons. The van der Waals surface area contributed by atoms with Crippen LogP contribution in [0.25, 0.3) is 10.2 Å². The van der Waals surface area contributed by atoms with Crippen molar-refractivity contribution >= 4 is 48.6 Å². The Bertz CT molecular complexity index is 538. The van der Waals surface area contributed by atoms with Crippen molar-refractivity contribution in [3.05, 3.63) is 22.2 Å². The molecule has 2 N–H and O–H groups in total. The van der Waals surface area contributed by atoms with Crippen LogP contribution in [0.1, 0.15) is 10.4 Å². The van der Waals surface area contributed by atoms with Gasteiger partial charge >= 0.3 is 5.97 Å². The van der Waals surface area contributed by atoms with Gasteiger partial charge in [0.1, 0.15) is 0 Å². The number of ether oxygens (including phenoxy) is 1. The average Bonchev–Trinajstić information content (AvgIpc) is 2.55. The van der Waals surface area contributed by atoms with Crippen molar-refractivity contribution in [2.24, 2.45) is 0 Å². The molecule has 1 aromatic carbocycles. The molecule has 0 spiro atoms. The highest BCUT2D eigenvalue weighted by Crippen LogP contribution is 2.29. The molecule has 0 aliphatic carbocycles. The van der Waals surface area contributed by atoms with E-state index in [0.29, 0.717) is 20.7 Å². The number of nitrogens with zero attached hydrogens (tertiary/aromatic N) is 1. The maximum Gasteiger partial charge on any atom is 0.339 e. The Balaban J connectivity index is 2.66. The van der Waals surface area contributed by atoms with Crippen LogP contribution >= 0.6 is 27.3 Å². The van der Waals surface area contributed by atoms with Crippen molar-refractivity contribution < 1.29 is 9.53 Å².